The topological polar surface area (TPSA) is 88.3 Å². The second-order valence-corrected chi connectivity index (χ2v) is 7.31. The first kappa shape index (κ1) is 21.5. The molecule has 0 unspecified atom stereocenters. The van der Waals surface area contributed by atoms with Crippen molar-refractivity contribution in [3.05, 3.63) is 66.1 Å². The zero-order valence-electron chi connectivity index (χ0n) is 16.8. The molecule has 1 fully saturated rings. The lowest BCUT2D eigenvalue weighted by Crippen LogP contribution is -2.45. The largest absolute Gasteiger partial charge is 0.471 e. The molecule has 1 aromatic heterocycles. The third-order valence-corrected chi connectivity index (χ3v) is 5.14. The molecule has 166 valence electrons. The van der Waals surface area contributed by atoms with Crippen LogP contribution >= 0.6 is 0 Å². The second-order valence-electron chi connectivity index (χ2n) is 7.31. The Morgan fingerprint density at radius 3 is 2.50 bits per heavy atom. The van der Waals surface area contributed by atoms with Crippen molar-refractivity contribution in [2.45, 2.75) is 31.5 Å². The van der Waals surface area contributed by atoms with Crippen molar-refractivity contribution >= 4 is 17.5 Å². The van der Waals surface area contributed by atoms with Gasteiger partial charge in [-0.2, -0.15) is 18.2 Å². The molecule has 1 N–H and O–H groups in total. The average molecular weight is 444 g/mol. The van der Waals surface area contributed by atoms with E-state index in [0.717, 1.165) is 5.56 Å². The fraction of sp³-hybridized carbons (Fsp3) is 0.273. The van der Waals surface area contributed by atoms with E-state index < -0.39 is 18.1 Å². The van der Waals surface area contributed by atoms with E-state index in [2.05, 4.69) is 20.0 Å². The number of amides is 2. The molecular weight excluding hydrogens is 425 g/mol. The van der Waals surface area contributed by atoms with E-state index in [1.54, 1.807) is 12.1 Å². The number of alkyl halides is 3. The molecule has 0 spiro atoms. The van der Waals surface area contributed by atoms with Crippen molar-refractivity contribution in [2.24, 2.45) is 0 Å². The minimum atomic E-state index is -4.73. The van der Waals surface area contributed by atoms with Crippen molar-refractivity contribution in [2.75, 3.05) is 11.4 Å². The number of nitrogens with one attached hydrogen (secondary N) is 1. The van der Waals surface area contributed by atoms with Crippen LogP contribution in [0.3, 0.4) is 0 Å². The Kier molecular flexibility index (Phi) is 5.93. The van der Waals surface area contributed by atoms with E-state index in [1.807, 2.05) is 30.3 Å². The van der Waals surface area contributed by atoms with E-state index in [4.69, 9.17) is 0 Å². The van der Waals surface area contributed by atoms with Crippen LogP contribution < -0.4 is 10.2 Å². The van der Waals surface area contributed by atoms with Crippen molar-refractivity contribution in [1.29, 1.82) is 0 Å². The number of nitrogens with zero attached hydrogens (tertiary/aromatic N) is 3. The van der Waals surface area contributed by atoms with Gasteiger partial charge in [0, 0.05) is 24.2 Å². The quantitative estimate of drug-likeness (QED) is 0.628. The molecule has 4 rings (SSSR count). The molecule has 32 heavy (non-hydrogen) atoms. The number of rotatable bonds is 6. The molecule has 1 atom stereocenters. The molecule has 0 saturated carbocycles. The molecule has 2 aromatic carbocycles. The van der Waals surface area contributed by atoms with Gasteiger partial charge in [0.25, 0.3) is 0 Å². The van der Waals surface area contributed by atoms with E-state index in [0.29, 0.717) is 30.6 Å². The molecule has 1 aliphatic rings. The van der Waals surface area contributed by atoms with Crippen LogP contribution in [-0.2, 0) is 22.2 Å². The van der Waals surface area contributed by atoms with E-state index in [9.17, 15) is 22.8 Å². The minimum absolute atomic E-state index is 0.195. The number of hydrogen-bond acceptors (Lipinski definition) is 5. The molecule has 1 saturated heterocycles. The highest BCUT2D eigenvalue weighted by Gasteiger charge is 2.39. The van der Waals surface area contributed by atoms with Crippen molar-refractivity contribution in [3.63, 3.8) is 0 Å². The van der Waals surface area contributed by atoms with Crippen LogP contribution in [0.25, 0.3) is 11.4 Å². The Morgan fingerprint density at radius 2 is 1.84 bits per heavy atom. The summed E-state index contributed by atoms with van der Waals surface area (Å²) < 4.78 is 42.2. The minimum Gasteiger partial charge on any atom is -0.354 e. The smallest absolute Gasteiger partial charge is 0.354 e. The summed E-state index contributed by atoms with van der Waals surface area (Å²) in [5.74, 6) is -2.09. The van der Waals surface area contributed by atoms with Gasteiger partial charge >= 0.3 is 12.1 Å². The maximum atomic E-state index is 12.7. The zero-order valence-corrected chi connectivity index (χ0v) is 16.8. The highest BCUT2D eigenvalue weighted by Crippen LogP contribution is 2.31. The van der Waals surface area contributed by atoms with Gasteiger partial charge in [0.15, 0.2) is 0 Å². The first-order valence-corrected chi connectivity index (χ1v) is 9.98. The van der Waals surface area contributed by atoms with Crippen molar-refractivity contribution in [3.8, 4) is 11.4 Å². The van der Waals surface area contributed by atoms with E-state index in [-0.39, 0.29) is 24.1 Å². The van der Waals surface area contributed by atoms with Crippen LogP contribution in [-0.4, -0.2) is 34.5 Å². The lowest BCUT2D eigenvalue weighted by atomic mass is 10.1. The number of hydrogen-bond donors (Lipinski definition) is 1. The number of anilines is 1. The predicted octanol–water partition coefficient (Wildman–Crippen LogP) is 3.61. The molecule has 2 heterocycles. The third kappa shape index (κ3) is 4.63. The Balaban J connectivity index is 1.43. The predicted molar refractivity (Wildman–Crippen MR) is 108 cm³/mol. The monoisotopic (exact) mass is 444 g/mol. The van der Waals surface area contributed by atoms with Gasteiger partial charge in [-0.1, -0.05) is 35.5 Å². The van der Waals surface area contributed by atoms with E-state index in [1.165, 1.54) is 17.0 Å². The lowest BCUT2D eigenvalue weighted by molar-refractivity contribution is -0.159. The second kappa shape index (κ2) is 8.81. The summed E-state index contributed by atoms with van der Waals surface area (Å²) in [6, 6.07) is 15.1. The highest BCUT2D eigenvalue weighted by atomic mass is 19.4. The van der Waals surface area contributed by atoms with Crippen LogP contribution in [0.1, 0.15) is 24.3 Å². The molecule has 0 aliphatic carbocycles. The standard InChI is InChI=1S/C22H19F3N4O3/c23-22(24,25)21-27-19(28-32-21)15-6-8-16(9-7-15)29-17(10-11-18(29)30)20(31)26-13-12-14-4-2-1-3-5-14/h1-9,17H,10-13H2,(H,26,31)/t17-/m0/s1. The molecule has 7 nitrogen and oxygen atoms in total. The summed E-state index contributed by atoms with van der Waals surface area (Å²) in [6.07, 6.45) is -3.43. The van der Waals surface area contributed by atoms with Gasteiger partial charge < -0.3 is 9.84 Å². The maximum absolute atomic E-state index is 12.7. The maximum Gasteiger partial charge on any atom is 0.471 e. The Hall–Kier alpha value is -3.69. The Bertz CT molecular complexity index is 1100. The van der Waals surface area contributed by atoms with Crippen LogP contribution in [0, 0.1) is 0 Å². The van der Waals surface area contributed by atoms with Crippen molar-refractivity contribution in [1.82, 2.24) is 15.5 Å². The average Bonchev–Trinajstić information content (AvgIpc) is 3.42. The molecule has 0 bridgehead atoms. The molecule has 10 heteroatoms. The van der Waals surface area contributed by atoms with Crippen LogP contribution in [0.15, 0.2) is 59.1 Å². The molecule has 1 aliphatic heterocycles. The van der Waals surface area contributed by atoms with Gasteiger partial charge in [0.1, 0.15) is 6.04 Å². The van der Waals surface area contributed by atoms with Crippen LogP contribution in [0.4, 0.5) is 18.9 Å². The van der Waals surface area contributed by atoms with Gasteiger partial charge in [-0.25, -0.2) is 0 Å². The highest BCUT2D eigenvalue weighted by molar-refractivity contribution is 6.03. The summed E-state index contributed by atoms with van der Waals surface area (Å²) >= 11 is 0. The third-order valence-electron chi connectivity index (χ3n) is 5.14. The summed E-state index contributed by atoms with van der Waals surface area (Å²) in [7, 11) is 0. The summed E-state index contributed by atoms with van der Waals surface area (Å²) in [5, 5.41) is 6.22. The normalized spacial score (nSPS) is 16.4. The number of aromatic nitrogens is 2. The van der Waals surface area contributed by atoms with Gasteiger partial charge in [-0.05, 0) is 42.7 Å². The van der Waals surface area contributed by atoms with Gasteiger partial charge in [-0.3, -0.25) is 14.5 Å². The Labute approximate surface area is 181 Å². The fourth-order valence-corrected chi connectivity index (χ4v) is 3.58. The molecule has 3 aromatic rings. The number of carbonyl (C=O) groups excluding carboxylic acids is 2. The van der Waals surface area contributed by atoms with Crippen molar-refractivity contribution < 1.29 is 27.3 Å². The number of carbonyl (C=O) groups is 2. The lowest BCUT2D eigenvalue weighted by Gasteiger charge is -2.24. The van der Waals surface area contributed by atoms with Gasteiger partial charge in [-0.15, -0.1) is 0 Å². The van der Waals surface area contributed by atoms with Crippen LogP contribution in [0.2, 0.25) is 0 Å². The summed E-state index contributed by atoms with van der Waals surface area (Å²) in [6.45, 7) is 0.444. The summed E-state index contributed by atoms with van der Waals surface area (Å²) in [5.41, 5.74) is 1.86. The SMILES string of the molecule is O=C(NCCc1ccccc1)[C@@H]1CCC(=O)N1c1ccc(-c2noc(C(F)(F)F)n2)cc1. The number of halogens is 3. The molecular formula is C22H19F3N4O3. The van der Waals surface area contributed by atoms with Gasteiger partial charge in [0.05, 0.1) is 0 Å². The first-order valence-electron chi connectivity index (χ1n) is 9.98. The molecule has 2 amide bonds. The zero-order chi connectivity index (χ0) is 22.7. The van der Waals surface area contributed by atoms with E-state index >= 15 is 0 Å². The molecule has 0 radical (unpaired) electrons. The van der Waals surface area contributed by atoms with Gasteiger partial charge in [0.2, 0.25) is 17.6 Å². The Morgan fingerprint density at radius 1 is 1.12 bits per heavy atom. The van der Waals surface area contributed by atoms with Crippen LogP contribution in [0.5, 0.6) is 0 Å². The number of benzene rings is 2. The summed E-state index contributed by atoms with van der Waals surface area (Å²) in [4.78, 5) is 29.9. The fourth-order valence-electron chi connectivity index (χ4n) is 3.58. The first-order chi connectivity index (χ1) is 15.3.